The van der Waals surface area contributed by atoms with Crippen LogP contribution in [0.15, 0.2) is 12.3 Å². The second-order valence-electron chi connectivity index (χ2n) is 6.12. The highest BCUT2D eigenvalue weighted by molar-refractivity contribution is 5.42. The molecule has 3 heterocycles. The summed E-state index contributed by atoms with van der Waals surface area (Å²) in [6.07, 6.45) is 9.91. The number of piperidine rings is 2. The topological polar surface area (TPSA) is 33.1 Å². The Hall–Kier alpha value is -1.03. The van der Waals surface area contributed by atoms with Crippen molar-refractivity contribution in [1.29, 1.82) is 0 Å². The van der Waals surface area contributed by atoms with Crippen LogP contribution >= 0.6 is 0 Å². The van der Waals surface area contributed by atoms with Gasteiger partial charge in [-0.2, -0.15) is 5.10 Å². The van der Waals surface area contributed by atoms with Gasteiger partial charge in [-0.25, -0.2) is 0 Å². The summed E-state index contributed by atoms with van der Waals surface area (Å²) >= 11 is 0. The van der Waals surface area contributed by atoms with E-state index < -0.39 is 0 Å². The minimum absolute atomic E-state index is 0.691. The van der Waals surface area contributed by atoms with E-state index in [1.807, 2.05) is 11.7 Å². The van der Waals surface area contributed by atoms with Gasteiger partial charge in [-0.05, 0) is 45.1 Å². The lowest BCUT2D eigenvalue weighted by atomic mass is 9.81. The minimum Gasteiger partial charge on any atom is -0.349 e. The van der Waals surface area contributed by atoms with Crippen molar-refractivity contribution in [3.63, 3.8) is 0 Å². The summed E-state index contributed by atoms with van der Waals surface area (Å²) in [5.74, 6) is 1.19. The quantitative estimate of drug-likeness (QED) is 0.904. The first kappa shape index (κ1) is 13.0. The van der Waals surface area contributed by atoms with Crippen molar-refractivity contribution in [3.05, 3.63) is 12.3 Å². The van der Waals surface area contributed by atoms with E-state index in [4.69, 9.17) is 0 Å². The van der Waals surface area contributed by atoms with E-state index in [2.05, 4.69) is 34.5 Å². The number of nitrogens with one attached hydrogen (secondary N) is 1. The zero-order valence-electron chi connectivity index (χ0n) is 12.2. The molecule has 0 aliphatic carbocycles. The molecular formula is C15H26N4. The third-order valence-corrected chi connectivity index (χ3v) is 4.62. The molecule has 3 rings (SSSR count). The predicted molar refractivity (Wildman–Crippen MR) is 78.4 cm³/mol. The number of rotatable bonds is 4. The van der Waals surface area contributed by atoms with Crippen LogP contribution in [0, 0.1) is 0 Å². The Morgan fingerprint density at radius 1 is 1.32 bits per heavy atom. The van der Waals surface area contributed by atoms with Gasteiger partial charge in [-0.15, -0.1) is 0 Å². The lowest BCUT2D eigenvalue weighted by Crippen LogP contribution is -2.56. The van der Waals surface area contributed by atoms with Crippen LogP contribution in [0.3, 0.4) is 0 Å². The predicted octanol–water partition coefficient (Wildman–Crippen LogP) is 2.31. The molecule has 1 aromatic rings. The minimum atomic E-state index is 0.691. The van der Waals surface area contributed by atoms with Gasteiger partial charge < -0.3 is 10.2 Å². The Labute approximate surface area is 116 Å². The molecule has 1 aromatic heterocycles. The van der Waals surface area contributed by atoms with E-state index in [1.54, 1.807) is 0 Å². The van der Waals surface area contributed by atoms with Crippen LogP contribution in [-0.2, 0) is 7.05 Å². The van der Waals surface area contributed by atoms with Gasteiger partial charge in [-0.1, -0.05) is 6.92 Å². The van der Waals surface area contributed by atoms with E-state index in [0.29, 0.717) is 12.1 Å². The maximum Gasteiger partial charge on any atom is 0.151 e. The third-order valence-electron chi connectivity index (χ3n) is 4.62. The monoisotopic (exact) mass is 262 g/mol. The highest BCUT2D eigenvalue weighted by Gasteiger charge is 2.38. The molecule has 2 aliphatic rings. The summed E-state index contributed by atoms with van der Waals surface area (Å²) in [5.41, 5.74) is 0. The second-order valence-corrected chi connectivity index (χ2v) is 6.12. The molecule has 2 unspecified atom stereocenters. The van der Waals surface area contributed by atoms with Crippen LogP contribution in [-0.4, -0.2) is 34.5 Å². The molecule has 2 aliphatic heterocycles. The Morgan fingerprint density at radius 3 is 2.63 bits per heavy atom. The van der Waals surface area contributed by atoms with Crippen molar-refractivity contribution in [3.8, 4) is 0 Å². The fourth-order valence-corrected chi connectivity index (χ4v) is 3.81. The molecule has 19 heavy (non-hydrogen) atoms. The SMILES string of the molecule is CCCNC1CC2CCCC(C1)N2c1ccn(C)n1. The largest absolute Gasteiger partial charge is 0.349 e. The molecule has 2 bridgehead atoms. The Balaban J connectivity index is 1.73. The van der Waals surface area contributed by atoms with Gasteiger partial charge in [0.25, 0.3) is 0 Å². The van der Waals surface area contributed by atoms with Crippen LogP contribution in [0.5, 0.6) is 0 Å². The number of fused-ring (bicyclic) bond motifs is 2. The fraction of sp³-hybridized carbons (Fsp3) is 0.800. The molecule has 2 fully saturated rings. The zero-order valence-corrected chi connectivity index (χ0v) is 12.2. The molecule has 0 spiro atoms. The standard InChI is InChI=1S/C15H26N4/c1-3-8-16-12-10-13-5-4-6-14(11-12)19(13)15-7-9-18(2)17-15/h7,9,12-14,16H,3-6,8,10-11H2,1-2H3. The van der Waals surface area contributed by atoms with Crippen LogP contribution in [0.4, 0.5) is 5.82 Å². The summed E-state index contributed by atoms with van der Waals surface area (Å²) in [7, 11) is 2.01. The average Bonchev–Trinajstić information content (AvgIpc) is 2.81. The molecule has 0 amide bonds. The first-order chi connectivity index (χ1) is 9.28. The summed E-state index contributed by atoms with van der Waals surface area (Å²) in [6.45, 7) is 3.41. The van der Waals surface area contributed by atoms with Crippen LogP contribution in [0.1, 0.15) is 45.4 Å². The van der Waals surface area contributed by atoms with E-state index in [-0.39, 0.29) is 0 Å². The first-order valence-corrected chi connectivity index (χ1v) is 7.79. The smallest absolute Gasteiger partial charge is 0.151 e. The van der Waals surface area contributed by atoms with Gasteiger partial charge in [0.2, 0.25) is 0 Å². The number of hydrogen-bond acceptors (Lipinski definition) is 3. The van der Waals surface area contributed by atoms with Crippen molar-refractivity contribution >= 4 is 5.82 Å². The van der Waals surface area contributed by atoms with Crippen molar-refractivity contribution in [2.75, 3.05) is 11.4 Å². The molecule has 4 heteroatoms. The maximum atomic E-state index is 4.63. The maximum absolute atomic E-state index is 4.63. The summed E-state index contributed by atoms with van der Waals surface area (Å²) in [4.78, 5) is 2.60. The average molecular weight is 262 g/mol. The van der Waals surface area contributed by atoms with Crippen LogP contribution in [0.2, 0.25) is 0 Å². The fourth-order valence-electron chi connectivity index (χ4n) is 3.81. The van der Waals surface area contributed by atoms with E-state index in [0.717, 1.165) is 12.6 Å². The van der Waals surface area contributed by atoms with E-state index in [9.17, 15) is 0 Å². The second kappa shape index (κ2) is 5.53. The van der Waals surface area contributed by atoms with Crippen molar-refractivity contribution in [1.82, 2.24) is 15.1 Å². The zero-order chi connectivity index (χ0) is 13.2. The van der Waals surface area contributed by atoms with Gasteiger partial charge in [0.1, 0.15) is 0 Å². The van der Waals surface area contributed by atoms with Gasteiger partial charge in [-0.3, -0.25) is 4.68 Å². The molecule has 106 valence electrons. The molecule has 0 saturated carbocycles. The van der Waals surface area contributed by atoms with Crippen molar-refractivity contribution in [2.45, 2.75) is 63.6 Å². The van der Waals surface area contributed by atoms with Crippen molar-refractivity contribution in [2.24, 2.45) is 7.05 Å². The number of aryl methyl sites for hydroxylation is 1. The summed E-state index contributed by atoms with van der Waals surface area (Å²) in [5, 5.41) is 8.35. The van der Waals surface area contributed by atoms with Crippen LogP contribution < -0.4 is 10.2 Å². The third kappa shape index (κ3) is 2.64. The van der Waals surface area contributed by atoms with Gasteiger partial charge in [0, 0.05) is 37.4 Å². The molecular weight excluding hydrogens is 236 g/mol. The molecule has 0 aromatic carbocycles. The highest BCUT2D eigenvalue weighted by atomic mass is 15.4. The lowest BCUT2D eigenvalue weighted by Gasteiger charge is -2.49. The highest BCUT2D eigenvalue weighted by Crippen LogP contribution is 2.36. The lowest BCUT2D eigenvalue weighted by molar-refractivity contribution is 0.244. The number of nitrogens with zero attached hydrogens (tertiary/aromatic N) is 3. The molecule has 2 atom stereocenters. The Bertz CT molecular complexity index is 400. The molecule has 2 saturated heterocycles. The van der Waals surface area contributed by atoms with Crippen LogP contribution in [0.25, 0.3) is 0 Å². The molecule has 1 N–H and O–H groups in total. The van der Waals surface area contributed by atoms with Gasteiger partial charge in [0.05, 0.1) is 0 Å². The van der Waals surface area contributed by atoms with Gasteiger partial charge in [0.15, 0.2) is 5.82 Å². The van der Waals surface area contributed by atoms with Crippen molar-refractivity contribution < 1.29 is 0 Å². The van der Waals surface area contributed by atoms with Gasteiger partial charge >= 0.3 is 0 Å². The number of anilines is 1. The number of aromatic nitrogens is 2. The number of hydrogen-bond donors (Lipinski definition) is 1. The Kier molecular flexibility index (Phi) is 3.78. The molecule has 4 nitrogen and oxygen atoms in total. The first-order valence-electron chi connectivity index (χ1n) is 7.79. The summed E-state index contributed by atoms with van der Waals surface area (Å²) in [6, 6.07) is 4.27. The normalized spacial score (nSPS) is 30.6. The van der Waals surface area contributed by atoms with E-state index >= 15 is 0 Å². The summed E-state index contributed by atoms with van der Waals surface area (Å²) < 4.78 is 1.92. The molecule has 0 radical (unpaired) electrons. The van der Waals surface area contributed by atoms with E-state index in [1.165, 1.54) is 44.3 Å². The Morgan fingerprint density at radius 2 is 2.05 bits per heavy atom.